The fourth-order valence-corrected chi connectivity index (χ4v) is 4.39. The SMILES string of the molecule is CC(C)C[C@H](NC(=O)c1ccco1)C(=O)N[C@@H](CC(C)C)C(=O)N[C@@H](Cc1ccccc1)C(=O)NNc1ccccc1. The average molecular weight is 576 g/mol. The fourth-order valence-electron chi connectivity index (χ4n) is 4.39. The molecule has 1 aromatic heterocycles. The second kappa shape index (κ2) is 16.0. The van der Waals surface area contributed by atoms with Crippen LogP contribution in [0, 0.1) is 11.8 Å². The molecule has 10 nitrogen and oxygen atoms in total. The van der Waals surface area contributed by atoms with E-state index in [1.165, 1.54) is 12.3 Å². The highest BCUT2D eigenvalue weighted by Gasteiger charge is 2.31. The topological polar surface area (TPSA) is 142 Å². The van der Waals surface area contributed by atoms with Gasteiger partial charge in [-0.2, -0.15) is 0 Å². The summed E-state index contributed by atoms with van der Waals surface area (Å²) in [4.78, 5) is 52.9. The lowest BCUT2D eigenvalue weighted by atomic mass is 9.99. The molecule has 10 heteroatoms. The highest BCUT2D eigenvalue weighted by Crippen LogP contribution is 2.12. The van der Waals surface area contributed by atoms with Crippen molar-refractivity contribution in [1.29, 1.82) is 0 Å². The van der Waals surface area contributed by atoms with Gasteiger partial charge in [0.05, 0.1) is 12.0 Å². The Bertz CT molecular complexity index is 1280. The van der Waals surface area contributed by atoms with E-state index >= 15 is 0 Å². The van der Waals surface area contributed by atoms with E-state index in [9.17, 15) is 19.2 Å². The summed E-state index contributed by atoms with van der Waals surface area (Å²) in [5, 5.41) is 8.40. The number of carbonyl (C=O) groups excluding carboxylic acids is 4. The van der Waals surface area contributed by atoms with Crippen molar-refractivity contribution >= 4 is 29.3 Å². The van der Waals surface area contributed by atoms with E-state index in [0.29, 0.717) is 18.5 Å². The van der Waals surface area contributed by atoms with E-state index in [1.54, 1.807) is 18.2 Å². The zero-order chi connectivity index (χ0) is 30.5. The number of carbonyl (C=O) groups is 4. The minimum atomic E-state index is -0.930. The fraction of sp³-hybridized carbons (Fsp3) is 0.375. The number of rotatable bonds is 15. The van der Waals surface area contributed by atoms with Gasteiger partial charge in [0.2, 0.25) is 11.8 Å². The monoisotopic (exact) mass is 575 g/mol. The lowest BCUT2D eigenvalue weighted by Gasteiger charge is -2.27. The van der Waals surface area contributed by atoms with Gasteiger partial charge in [-0.1, -0.05) is 76.2 Å². The molecule has 2 aromatic carbocycles. The van der Waals surface area contributed by atoms with Gasteiger partial charge in [-0.3, -0.25) is 30.0 Å². The summed E-state index contributed by atoms with van der Waals surface area (Å²) in [7, 11) is 0. The minimum Gasteiger partial charge on any atom is -0.459 e. The summed E-state index contributed by atoms with van der Waals surface area (Å²) in [5.41, 5.74) is 7.09. The number of amides is 4. The molecule has 0 spiro atoms. The number of hydrogen-bond donors (Lipinski definition) is 5. The molecule has 4 amide bonds. The van der Waals surface area contributed by atoms with Crippen LogP contribution in [0.2, 0.25) is 0 Å². The number of hydrazine groups is 1. The molecule has 3 rings (SSSR count). The summed E-state index contributed by atoms with van der Waals surface area (Å²) in [6.45, 7) is 7.76. The molecule has 5 N–H and O–H groups in total. The molecule has 42 heavy (non-hydrogen) atoms. The van der Waals surface area contributed by atoms with Gasteiger partial charge in [0.25, 0.3) is 11.8 Å². The van der Waals surface area contributed by atoms with Crippen LogP contribution in [0.3, 0.4) is 0 Å². The van der Waals surface area contributed by atoms with Crippen molar-refractivity contribution in [3.05, 3.63) is 90.4 Å². The maximum Gasteiger partial charge on any atom is 0.287 e. The molecule has 1 heterocycles. The zero-order valence-corrected chi connectivity index (χ0v) is 24.6. The molecule has 0 aliphatic carbocycles. The normalized spacial score (nSPS) is 13.1. The first-order valence-corrected chi connectivity index (χ1v) is 14.2. The summed E-state index contributed by atoms with van der Waals surface area (Å²) in [6.07, 6.45) is 2.32. The van der Waals surface area contributed by atoms with Gasteiger partial charge in [0.15, 0.2) is 5.76 Å². The Hall–Kier alpha value is -4.60. The molecule has 3 atom stereocenters. The highest BCUT2D eigenvalue weighted by atomic mass is 16.3. The first-order chi connectivity index (χ1) is 20.1. The van der Waals surface area contributed by atoms with E-state index in [2.05, 4.69) is 26.8 Å². The predicted octanol–water partition coefficient (Wildman–Crippen LogP) is 3.83. The zero-order valence-electron chi connectivity index (χ0n) is 24.6. The number of benzene rings is 2. The van der Waals surface area contributed by atoms with Gasteiger partial charge in [-0.15, -0.1) is 0 Å². The molecule has 0 aliphatic rings. The third-order valence-corrected chi connectivity index (χ3v) is 6.43. The van der Waals surface area contributed by atoms with Crippen LogP contribution >= 0.6 is 0 Å². The van der Waals surface area contributed by atoms with Gasteiger partial charge in [-0.05, 0) is 54.5 Å². The summed E-state index contributed by atoms with van der Waals surface area (Å²) >= 11 is 0. The Morgan fingerprint density at radius 3 is 1.74 bits per heavy atom. The molecule has 0 aliphatic heterocycles. The van der Waals surface area contributed by atoms with Gasteiger partial charge >= 0.3 is 0 Å². The van der Waals surface area contributed by atoms with Gasteiger partial charge in [0.1, 0.15) is 18.1 Å². The third kappa shape index (κ3) is 10.4. The Kier molecular flexibility index (Phi) is 12.2. The number of para-hydroxylation sites is 1. The van der Waals surface area contributed by atoms with Gasteiger partial charge < -0.3 is 20.4 Å². The number of hydrogen-bond acceptors (Lipinski definition) is 6. The maximum atomic E-state index is 13.6. The number of nitrogens with one attached hydrogen (secondary N) is 5. The molecule has 0 bridgehead atoms. The van der Waals surface area contributed by atoms with Crippen molar-refractivity contribution < 1.29 is 23.6 Å². The van der Waals surface area contributed by atoms with Crippen LogP contribution in [0.15, 0.2) is 83.5 Å². The Labute approximate surface area is 247 Å². The average Bonchev–Trinajstić information content (AvgIpc) is 3.51. The van der Waals surface area contributed by atoms with Gasteiger partial charge in [0, 0.05) is 6.42 Å². The largest absolute Gasteiger partial charge is 0.459 e. The van der Waals surface area contributed by atoms with Crippen molar-refractivity contribution in [2.75, 3.05) is 5.43 Å². The number of anilines is 1. The Morgan fingerprint density at radius 1 is 0.643 bits per heavy atom. The van der Waals surface area contributed by atoms with Crippen molar-refractivity contribution in [1.82, 2.24) is 21.4 Å². The van der Waals surface area contributed by atoms with Crippen molar-refractivity contribution in [2.24, 2.45) is 11.8 Å². The highest BCUT2D eigenvalue weighted by molar-refractivity contribution is 5.97. The number of furan rings is 1. The van der Waals surface area contributed by atoms with Crippen LogP contribution < -0.4 is 26.8 Å². The van der Waals surface area contributed by atoms with Crippen LogP contribution in [0.4, 0.5) is 5.69 Å². The van der Waals surface area contributed by atoms with Crippen LogP contribution in [0.25, 0.3) is 0 Å². The van der Waals surface area contributed by atoms with E-state index < -0.39 is 41.8 Å². The quantitative estimate of drug-likeness (QED) is 0.175. The maximum absolute atomic E-state index is 13.6. The molecule has 224 valence electrons. The molecule has 0 fully saturated rings. The van der Waals surface area contributed by atoms with E-state index in [0.717, 1.165) is 5.56 Å². The standard InChI is InChI=1S/C32H41N5O5/c1-21(2)18-25(33-30(39)26(19-22(3)4)35-32(41)28-16-11-17-42-28)29(38)34-27(20-23-12-7-5-8-13-23)31(40)37-36-24-14-9-6-10-15-24/h5-17,21-22,25-27,36H,18-20H2,1-4H3,(H,33,39)(H,34,38)(H,35,41)(H,37,40)/t25-,26-,27-/m0/s1. The van der Waals surface area contributed by atoms with Crippen LogP contribution in [-0.2, 0) is 20.8 Å². The predicted molar refractivity (Wildman–Crippen MR) is 161 cm³/mol. The van der Waals surface area contributed by atoms with Gasteiger partial charge in [-0.25, -0.2) is 0 Å². The smallest absolute Gasteiger partial charge is 0.287 e. The first kappa shape index (κ1) is 31.9. The molecular weight excluding hydrogens is 534 g/mol. The van der Waals surface area contributed by atoms with E-state index in [1.807, 2.05) is 76.2 Å². The van der Waals surface area contributed by atoms with Crippen LogP contribution in [-0.4, -0.2) is 41.8 Å². The lowest BCUT2D eigenvalue weighted by molar-refractivity contribution is -0.132. The van der Waals surface area contributed by atoms with E-state index in [4.69, 9.17) is 4.42 Å². The minimum absolute atomic E-state index is 0.0588. The molecule has 0 radical (unpaired) electrons. The summed E-state index contributed by atoms with van der Waals surface area (Å²) < 4.78 is 5.17. The lowest BCUT2D eigenvalue weighted by Crippen LogP contribution is -2.57. The molecular formula is C32H41N5O5. The first-order valence-electron chi connectivity index (χ1n) is 14.2. The molecule has 3 aromatic rings. The molecule has 0 saturated carbocycles. The molecule has 0 unspecified atom stereocenters. The van der Waals surface area contributed by atoms with Crippen LogP contribution in [0.5, 0.6) is 0 Å². The van der Waals surface area contributed by atoms with Crippen molar-refractivity contribution in [2.45, 2.75) is 65.1 Å². The third-order valence-electron chi connectivity index (χ3n) is 6.43. The Balaban J connectivity index is 1.75. The van der Waals surface area contributed by atoms with E-state index in [-0.39, 0.29) is 24.0 Å². The summed E-state index contributed by atoms with van der Waals surface area (Å²) in [6, 6.07) is 18.9. The second-order valence-electron chi connectivity index (χ2n) is 11.1. The molecule has 0 saturated heterocycles. The summed E-state index contributed by atoms with van der Waals surface area (Å²) in [5.74, 6) is -1.69. The van der Waals surface area contributed by atoms with Crippen LogP contribution in [0.1, 0.15) is 56.7 Å². The van der Waals surface area contributed by atoms with Crippen molar-refractivity contribution in [3.8, 4) is 0 Å². The second-order valence-corrected chi connectivity index (χ2v) is 11.1. The van der Waals surface area contributed by atoms with Crippen molar-refractivity contribution in [3.63, 3.8) is 0 Å². The Morgan fingerprint density at radius 2 is 1.19 bits per heavy atom.